The molecule has 2 rings (SSSR count). The van der Waals surface area contributed by atoms with Crippen molar-refractivity contribution in [3.05, 3.63) is 24.2 Å². The zero-order valence-corrected chi connectivity index (χ0v) is 8.65. The van der Waals surface area contributed by atoms with E-state index in [2.05, 4.69) is 30.7 Å². The van der Waals surface area contributed by atoms with E-state index in [-0.39, 0.29) is 5.41 Å². The Hall–Kier alpha value is -1.58. The molecule has 74 valence electrons. The van der Waals surface area contributed by atoms with Crippen LogP contribution in [0.1, 0.15) is 26.5 Å². The fraction of sp³-hybridized carbons (Fsp3) is 0.400. The van der Waals surface area contributed by atoms with Crippen LogP contribution in [-0.4, -0.2) is 14.4 Å². The highest BCUT2D eigenvalue weighted by molar-refractivity contribution is 5.44. The molecule has 14 heavy (non-hydrogen) atoms. The number of hydrogen-bond donors (Lipinski definition) is 1. The Kier molecular flexibility index (Phi) is 1.74. The Labute approximate surface area is 82.8 Å². The number of anilines is 1. The van der Waals surface area contributed by atoms with Crippen molar-refractivity contribution < 1.29 is 0 Å². The highest BCUT2D eigenvalue weighted by atomic mass is 15.1. The Morgan fingerprint density at radius 2 is 2.07 bits per heavy atom. The Morgan fingerprint density at radius 1 is 1.36 bits per heavy atom. The number of imidazole rings is 1. The number of aromatic nitrogens is 3. The highest BCUT2D eigenvalue weighted by Crippen LogP contribution is 2.22. The molecule has 2 aromatic rings. The van der Waals surface area contributed by atoms with Crippen molar-refractivity contribution in [2.24, 2.45) is 0 Å². The van der Waals surface area contributed by atoms with Crippen LogP contribution in [0.4, 0.5) is 5.82 Å². The molecule has 0 aliphatic carbocycles. The number of fused-ring (bicyclic) bond motifs is 1. The molecule has 0 radical (unpaired) electrons. The summed E-state index contributed by atoms with van der Waals surface area (Å²) in [5, 5.41) is 0. The lowest BCUT2D eigenvalue weighted by Crippen LogP contribution is -2.15. The molecule has 0 aliphatic rings. The summed E-state index contributed by atoms with van der Waals surface area (Å²) < 4.78 is 1.77. The van der Waals surface area contributed by atoms with Gasteiger partial charge in [0.15, 0.2) is 0 Å². The molecule has 0 spiro atoms. The topological polar surface area (TPSA) is 56.2 Å². The van der Waals surface area contributed by atoms with Crippen LogP contribution in [0.2, 0.25) is 0 Å². The van der Waals surface area contributed by atoms with Gasteiger partial charge in [-0.05, 0) is 0 Å². The molecule has 0 saturated carbocycles. The number of nitrogens with zero attached hydrogens (tertiary/aromatic N) is 3. The highest BCUT2D eigenvalue weighted by Gasteiger charge is 2.17. The lowest BCUT2D eigenvalue weighted by Gasteiger charge is -2.18. The largest absolute Gasteiger partial charge is 0.385 e. The van der Waals surface area contributed by atoms with Gasteiger partial charge in [-0.3, -0.25) is 4.40 Å². The van der Waals surface area contributed by atoms with Gasteiger partial charge in [0.2, 0.25) is 5.78 Å². The summed E-state index contributed by atoms with van der Waals surface area (Å²) >= 11 is 0. The van der Waals surface area contributed by atoms with E-state index in [0.717, 1.165) is 5.69 Å². The molecule has 0 aromatic carbocycles. The second-order valence-corrected chi connectivity index (χ2v) is 4.41. The quantitative estimate of drug-likeness (QED) is 0.686. The van der Waals surface area contributed by atoms with Crippen molar-refractivity contribution in [3.8, 4) is 0 Å². The van der Waals surface area contributed by atoms with E-state index in [0.29, 0.717) is 11.6 Å². The second kappa shape index (κ2) is 2.70. The van der Waals surface area contributed by atoms with Crippen LogP contribution in [-0.2, 0) is 5.41 Å². The van der Waals surface area contributed by atoms with Gasteiger partial charge in [0.1, 0.15) is 5.82 Å². The molecule has 4 nitrogen and oxygen atoms in total. The van der Waals surface area contributed by atoms with Crippen molar-refractivity contribution in [2.45, 2.75) is 26.2 Å². The molecule has 2 aromatic heterocycles. The first-order chi connectivity index (χ1) is 6.48. The van der Waals surface area contributed by atoms with E-state index in [4.69, 9.17) is 5.73 Å². The van der Waals surface area contributed by atoms with E-state index < -0.39 is 0 Å². The maximum atomic E-state index is 5.88. The average Bonchev–Trinajstić information content (AvgIpc) is 2.50. The summed E-state index contributed by atoms with van der Waals surface area (Å²) in [6.07, 6.45) is 3.51. The minimum atomic E-state index is 0.00181. The fourth-order valence-electron chi connectivity index (χ4n) is 1.31. The molecule has 0 fully saturated rings. The normalized spacial score (nSPS) is 12.2. The van der Waals surface area contributed by atoms with Crippen molar-refractivity contribution >= 4 is 11.6 Å². The minimum Gasteiger partial charge on any atom is -0.385 e. The van der Waals surface area contributed by atoms with Crippen LogP contribution in [0.25, 0.3) is 5.78 Å². The van der Waals surface area contributed by atoms with Gasteiger partial charge in [-0.1, -0.05) is 20.8 Å². The summed E-state index contributed by atoms with van der Waals surface area (Å²) in [4.78, 5) is 8.56. The first-order valence-corrected chi connectivity index (χ1v) is 4.58. The third kappa shape index (κ3) is 1.32. The molecule has 0 atom stereocenters. The maximum absolute atomic E-state index is 5.88. The van der Waals surface area contributed by atoms with Crippen LogP contribution in [0, 0.1) is 0 Å². The van der Waals surface area contributed by atoms with Gasteiger partial charge in [-0.15, -0.1) is 0 Å². The second-order valence-electron chi connectivity index (χ2n) is 4.41. The molecule has 4 heteroatoms. The average molecular weight is 190 g/mol. The van der Waals surface area contributed by atoms with Crippen molar-refractivity contribution in [3.63, 3.8) is 0 Å². The summed E-state index contributed by atoms with van der Waals surface area (Å²) in [5.74, 6) is 1.34. The first kappa shape index (κ1) is 8.99. The van der Waals surface area contributed by atoms with Gasteiger partial charge in [0, 0.05) is 23.9 Å². The van der Waals surface area contributed by atoms with E-state index in [1.54, 1.807) is 10.6 Å². The molecule has 0 unspecified atom stereocenters. The molecule has 0 aliphatic heterocycles. The van der Waals surface area contributed by atoms with E-state index in [9.17, 15) is 0 Å². The Bertz CT molecular complexity index is 464. The van der Waals surface area contributed by atoms with Gasteiger partial charge in [0.05, 0.1) is 5.69 Å². The van der Waals surface area contributed by atoms with Gasteiger partial charge in [-0.25, -0.2) is 9.97 Å². The van der Waals surface area contributed by atoms with Crippen molar-refractivity contribution in [1.82, 2.24) is 14.4 Å². The van der Waals surface area contributed by atoms with Crippen molar-refractivity contribution in [1.29, 1.82) is 0 Å². The van der Waals surface area contributed by atoms with Crippen LogP contribution >= 0.6 is 0 Å². The molecule has 2 N–H and O–H groups in total. The number of nitrogen functional groups attached to an aromatic ring is 1. The van der Waals surface area contributed by atoms with E-state index in [1.807, 2.05) is 12.3 Å². The fourth-order valence-corrected chi connectivity index (χ4v) is 1.31. The smallest absolute Gasteiger partial charge is 0.235 e. The minimum absolute atomic E-state index is 0.00181. The van der Waals surface area contributed by atoms with Gasteiger partial charge in [0.25, 0.3) is 0 Å². The molecule has 2 heterocycles. The predicted octanol–water partition coefficient (Wildman–Crippen LogP) is 1.61. The van der Waals surface area contributed by atoms with Crippen LogP contribution in [0.5, 0.6) is 0 Å². The summed E-state index contributed by atoms with van der Waals surface area (Å²) in [5.41, 5.74) is 6.85. The third-order valence-corrected chi connectivity index (χ3v) is 2.17. The zero-order valence-electron chi connectivity index (χ0n) is 8.65. The SMILES string of the molecule is CC(C)(C)c1cc(N)n2ccnc2n1. The van der Waals surface area contributed by atoms with Gasteiger partial charge in [-0.2, -0.15) is 0 Å². The molecular formula is C10H14N4. The lowest BCUT2D eigenvalue weighted by molar-refractivity contribution is 0.569. The maximum Gasteiger partial charge on any atom is 0.235 e. The van der Waals surface area contributed by atoms with E-state index in [1.165, 1.54) is 0 Å². The lowest BCUT2D eigenvalue weighted by atomic mass is 9.92. The number of hydrogen-bond acceptors (Lipinski definition) is 3. The number of rotatable bonds is 0. The third-order valence-electron chi connectivity index (χ3n) is 2.17. The Morgan fingerprint density at radius 3 is 2.71 bits per heavy atom. The first-order valence-electron chi connectivity index (χ1n) is 4.58. The van der Waals surface area contributed by atoms with Crippen molar-refractivity contribution in [2.75, 3.05) is 5.73 Å². The summed E-state index contributed by atoms with van der Waals surface area (Å²) in [6.45, 7) is 6.32. The van der Waals surface area contributed by atoms with Crippen LogP contribution in [0.3, 0.4) is 0 Å². The number of nitrogens with two attached hydrogens (primary N) is 1. The zero-order chi connectivity index (χ0) is 10.3. The van der Waals surface area contributed by atoms with Crippen LogP contribution in [0.15, 0.2) is 18.5 Å². The molecule has 0 amide bonds. The van der Waals surface area contributed by atoms with Crippen LogP contribution < -0.4 is 5.73 Å². The molecule has 0 bridgehead atoms. The standard InChI is InChI=1S/C10H14N4/c1-10(2,3)7-6-8(11)14-5-4-12-9(14)13-7/h4-6H,11H2,1-3H3. The summed E-state index contributed by atoms with van der Waals surface area (Å²) in [6, 6.07) is 1.90. The Balaban J connectivity index is 2.70. The van der Waals surface area contributed by atoms with Gasteiger partial charge >= 0.3 is 0 Å². The van der Waals surface area contributed by atoms with Gasteiger partial charge < -0.3 is 5.73 Å². The molecular weight excluding hydrogens is 176 g/mol. The molecule has 0 saturated heterocycles. The predicted molar refractivity (Wildman–Crippen MR) is 56.1 cm³/mol. The summed E-state index contributed by atoms with van der Waals surface area (Å²) in [7, 11) is 0. The van der Waals surface area contributed by atoms with E-state index >= 15 is 0 Å². The monoisotopic (exact) mass is 190 g/mol.